The number of rotatable bonds is 5. The van der Waals surface area contributed by atoms with E-state index >= 15 is 0 Å². The highest BCUT2D eigenvalue weighted by molar-refractivity contribution is 5.67. The molecule has 0 atom stereocenters. The van der Waals surface area contributed by atoms with Crippen molar-refractivity contribution in [3.05, 3.63) is 48.2 Å². The summed E-state index contributed by atoms with van der Waals surface area (Å²) in [6.07, 6.45) is 7.61. The second kappa shape index (κ2) is 8.35. The molecule has 0 bridgehead atoms. The number of benzene rings is 1. The standard InChI is InChI=1S/C17H23NO3/c19-12-4-7-14-8-10-16(11-9-14)18-17(20)21-13-15-5-2-1-3-6-15/h1-6,12,14,16,19H,7-11,13H2,(H,18,20)/t14-,16-. The van der Waals surface area contributed by atoms with E-state index in [0.29, 0.717) is 12.5 Å². The van der Waals surface area contributed by atoms with Crippen molar-refractivity contribution in [3.8, 4) is 0 Å². The SMILES string of the molecule is O=C(N[C@H]1CC[C@H](CC=CO)CC1)OCc1ccccc1. The van der Waals surface area contributed by atoms with Crippen LogP contribution in [-0.4, -0.2) is 17.2 Å². The molecule has 0 radical (unpaired) electrons. The fourth-order valence-corrected chi connectivity index (χ4v) is 2.73. The van der Waals surface area contributed by atoms with Crippen molar-refractivity contribution in [2.45, 2.75) is 44.8 Å². The molecule has 4 heteroatoms. The highest BCUT2D eigenvalue weighted by atomic mass is 16.5. The van der Waals surface area contributed by atoms with Crippen molar-refractivity contribution in [2.24, 2.45) is 5.92 Å². The van der Waals surface area contributed by atoms with Crippen LogP contribution in [-0.2, 0) is 11.3 Å². The van der Waals surface area contributed by atoms with Crippen LogP contribution in [0, 0.1) is 5.92 Å². The Bertz CT molecular complexity index is 450. The van der Waals surface area contributed by atoms with E-state index < -0.39 is 0 Å². The van der Waals surface area contributed by atoms with Gasteiger partial charge in [0.05, 0.1) is 6.26 Å². The Hall–Kier alpha value is -1.97. The molecule has 0 aliphatic heterocycles. The molecule has 0 aromatic heterocycles. The van der Waals surface area contributed by atoms with Gasteiger partial charge in [-0.15, -0.1) is 0 Å². The zero-order chi connectivity index (χ0) is 14.9. The molecule has 4 nitrogen and oxygen atoms in total. The Balaban J connectivity index is 1.65. The van der Waals surface area contributed by atoms with Crippen LogP contribution >= 0.6 is 0 Å². The lowest BCUT2D eigenvalue weighted by molar-refractivity contribution is 0.131. The summed E-state index contributed by atoms with van der Waals surface area (Å²) < 4.78 is 5.23. The van der Waals surface area contributed by atoms with Crippen LogP contribution < -0.4 is 5.32 Å². The number of aliphatic hydroxyl groups excluding tert-OH is 1. The Morgan fingerprint density at radius 3 is 2.62 bits per heavy atom. The maximum atomic E-state index is 11.8. The predicted octanol–water partition coefficient (Wildman–Crippen LogP) is 3.93. The topological polar surface area (TPSA) is 58.6 Å². The molecule has 1 amide bonds. The highest BCUT2D eigenvalue weighted by Crippen LogP contribution is 2.27. The van der Waals surface area contributed by atoms with Crippen LogP contribution in [0.15, 0.2) is 42.7 Å². The second-order valence-corrected chi connectivity index (χ2v) is 5.54. The predicted molar refractivity (Wildman–Crippen MR) is 81.9 cm³/mol. The van der Waals surface area contributed by atoms with E-state index in [4.69, 9.17) is 9.84 Å². The zero-order valence-electron chi connectivity index (χ0n) is 12.2. The third-order valence-electron chi connectivity index (χ3n) is 3.96. The van der Waals surface area contributed by atoms with Crippen molar-refractivity contribution >= 4 is 6.09 Å². The minimum atomic E-state index is -0.336. The Labute approximate surface area is 125 Å². The van der Waals surface area contributed by atoms with E-state index in [1.807, 2.05) is 30.3 Å². The van der Waals surface area contributed by atoms with Crippen LogP contribution in [0.3, 0.4) is 0 Å². The number of carbonyl (C=O) groups excluding carboxylic acids is 1. The van der Waals surface area contributed by atoms with Gasteiger partial charge in [-0.2, -0.15) is 0 Å². The summed E-state index contributed by atoms with van der Waals surface area (Å²) in [5.41, 5.74) is 0.993. The van der Waals surface area contributed by atoms with Crippen LogP contribution in [0.5, 0.6) is 0 Å². The molecule has 114 valence electrons. The molecule has 1 aliphatic rings. The molecule has 0 unspecified atom stereocenters. The molecule has 0 heterocycles. The number of allylic oxidation sites excluding steroid dienone is 1. The lowest BCUT2D eigenvalue weighted by Crippen LogP contribution is -2.37. The minimum Gasteiger partial charge on any atom is -0.516 e. The summed E-state index contributed by atoms with van der Waals surface area (Å²) in [6.45, 7) is 0.309. The van der Waals surface area contributed by atoms with Gasteiger partial charge in [0, 0.05) is 6.04 Å². The number of ether oxygens (including phenoxy) is 1. The Morgan fingerprint density at radius 1 is 1.24 bits per heavy atom. The van der Waals surface area contributed by atoms with Crippen molar-refractivity contribution in [3.63, 3.8) is 0 Å². The van der Waals surface area contributed by atoms with Gasteiger partial charge in [-0.1, -0.05) is 30.3 Å². The first-order chi connectivity index (χ1) is 10.3. The summed E-state index contributed by atoms with van der Waals surface area (Å²) in [7, 11) is 0. The number of amides is 1. The fraction of sp³-hybridized carbons (Fsp3) is 0.471. The maximum Gasteiger partial charge on any atom is 0.407 e. The zero-order valence-corrected chi connectivity index (χ0v) is 12.2. The van der Waals surface area contributed by atoms with Crippen LogP contribution in [0.1, 0.15) is 37.7 Å². The number of carbonyl (C=O) groups is 1. The van der Waals surface area contributed by atoms with Gasteiger partial charge in [-0.3, -0.25) is 0 Å². The Morgan fingerprint density at radius 2 is 1.95 bits per heavy atom. The molecule has 1 aromatic carbocycles. The number of hydrogen-bond acceptors (Lipinski definition) is 3. The van der Waals surface area contributed by atoms with Crippen molar-refractivity contribution in [2.75, 3.05) is 0 Å². The van der Waals surface area contributed by atoms with Crippen LogP contribution in [0.2, 0.25) is 0 Å². The quantitative estimate of drug-likeness (QED) is 0.807. The molecule has 0 spiro atoms. The van der Waals surface area contributed by atoms with E-state index in [0.717, 1.165) is 43.9 Å². The second-order valence-electron chi connectivity index (χ2n) is 5.54. The third kappa shape index (κ3) is 5.50. The van der Waals surface area contributed by atoms with Gasteiger partial charge < -0.3 is 15.2 Å². The first kappa shape index (κ1) is 15.4. The Kier molecular flexibility index (Phi) is 6.13. The van der Waals surface area contributed by atoms with Gasteiger partial charge >= 0.3 is 6.09 Å². The monoisotopic (exact) mass is 289 g/mol. The van der Waals surface area contributed by atoms with Crippen molar-refractivity contribution in [1.29, 1.82) is 0 Å². The molecule has 1 aliphatic carbocycles. The molecular weight excluding hydrogens is 266 g/mol. The molecule has 1 aromatic rings. The lowest BCUT2D eigenvalue weighted by atomic mass is 9.84. The molecular formula is C17H23NO3. The maximum absolute atomic E-state index is 11.8. The van der Waals surface area contributed by atoms with Gasteiger partial charge in [0.1, 0.15) is 6.61 Å². The smallest absolute Gasteiger partial charge is 0.407 e. The lowest BCUT2D eigenvalue weighted by Gasteiger charge is -2.28. The summed E-state index contributed by atoms with van der Waals surface area (Å²) in [6, 6.07) is 9.88. The number of alkyl carbamates (subject to hydrolysis) is 1. The average Bonchev–Trinajstić information content (AvgIpc) is 2.53. The van der Waals surface area contributed by atoms with E-state index in [9.17, 15) is 4.79 Å². The van der Waals surface area contributed by atoms with Gasteiger partial charge in [0.2, 0.25) is 0 Å². The van der Waals surface area contributed by atoms with Crippen molar-refractivity contribution in [1.82, 2.24) is 5.32 Å². The van der Waals surface area contributed by atoms with Crippen molar-refractivity contribution < 1.29 is 14.6 Å². The summed E-state index contributed by atoms with van der Waals surface area (Å²) in [5.74, 6) is 0.617. The van der Waals surface area contributed by atoms with Gasteiger partial charge in [0.25, 0.3) is 0 Å². The first-order valence-electron chi connectivity index (χ1n) is 7.54. The van der Waals surface area contributed by atoms with E-state index in [1.54, 1.807) is 6.08 Å². The number of nitrogens with one attached hydrogen (secondary N) is 1. The van der Waals surface area contributed by atoms with Gasteiger partial charge in [0.15, 0.2) is 0 Å². The number of hydrogen-bond donors (Lipinski definition) is 2. The molecule has 1 saturated carbocycles. The highest BCUT2D eigenvalue weighted by Gasteiger charge is 2.22. The fourth-order valence-electron chi connectivity index (χ4n) is 2.73. The average molecular weight is 289 g/mol. The molecule has 0 saturated heterocycles. The van der Waals surface area contributed by atoms with E-state index in [-0.39, 0.29) is 12.1 Å². The largest absolute Gasteiger partial charge is 0.516 e. The summed E-state index contributed by atoms with van der Waals surface area (Å²) >= 11 is 0. The van der Waals surface area contributed by atoms with Crippen LogP contribution in [0.4, 0.5) is 4.79 Å². The minimum absolute atomic E-state index is 0.211. The van der Waals surface area contributed by atoms with Gasteiger partial charge in [-0.05, 0) is 49.7 Å². The normalized spacial score (nSPS) is 22.1. The van der Waals surface area contributed by atoms with Crippen LogP contribution in [0.25, 0.3) is 0 Å². The molecule has 21 heavy (non-hydrogen) atoms. The summed E-state index contributed by atoms with van der Waals surface area (Å²) in [5, 5.41) is 11.6. The number of aliphatic hydroxyl groups is 1. The van der Waals surface area contributed by atoms with E-state index in [1.165, 1.54) is 0 Å². The first-order valence-corrected chi connectivity index (χ1v) is 7.54. The third-order valence-corrected chi connectivity index (χ3v) is 3.96. The molecule has 2 rings (SSSR count). The molecule has 2 N–H and O–H groups in total. The van der Waals surface area contributed by atoms with Gasteiger partial charge in [-0.25, -0.2) is 4.79 Å². The summed E-state index contributed by atoms with van der Waals surface area (Å²) in [4.78, 5) is 11.8. The molecule has 1 fully saturated rings. The van der Waals surface area contributed by atoms with E-state index in [2.05, 4.69) is 5.32 Å².